The maximum absolute atomic E-state index is 11.7. The molecular weight excluding hydrogens is 254 g/mol. The zero-order valence-electron chi connectivity index (χ0n) is 9.74. The minimum atomic E-state index is -3.48. The van der Waals surface area contributed by atoms with Crippen molar-refractivity contribution in [2.75, 3.05) is 17.2 Å². The fraction of sp³-hybridized carbons (Fsp3) is 0.200. The van der Waals surface area contributed by atoms with E-state index in [4.69, 9.17) is 11.5 Å². The molecule has 0 spiro atoms. The summed E-state index contributed by atoms with van der Waals surface area (Å²) >= 11 is 0. The van der Waals surface area contributed by atoms with Crippen molar-refractivity contribution >= 4 is 21.3 Å². The second-order valence-corrected chi connectivity index (χ2v) is 5.88. The van der Waals surface area contributed by atoms with Gasteiger partial charge in [0.1, 0.15) is 0 Å². The van der Waals surface area contributed by atoms with Crippen LogP contribution in [0.1, 0.15) is 6.92 Å². The average molecular weight is 267 g/mol. The number of hydrogen-bond donors (Lipinski definition) is 2. The van der Waals surface area contributed by atoms with Gasteiger partial charge in [0.2, 0.25) is 14.9 Å². The first-order valence-electron chi connectivity index (χ1n) is 5.25. The molecule has 0 aliphatic carbocycles. The Morgan fingerprint density at radius 1 is 1.33 bits per heavy atom. The van der Waals surface area contributed by atoms with Gasteiger partial charge >= 0.3 is 0 Å². The van der Waals surface area contributed by atoms with E-state index in [9.17, 15) is 8.42 Å². The number of nitrogens with two attached hydrogens (primary N) is 2. The Kier molecular flexibility index (Phi) is 2.95. The number of nitrogen functional groups attached to an aromatic ring is 2. The third kappa shape index (κ3) is 2.02. The molecule has 0 aliphatic heterocycles. The Hall–Kier alpha value is -2.09. The van der Waals surface area contributed by atoms with E-state index < -0.39 is 9.84 Å². The standard InChI is InChI=1S/C10H13N5O2S/c1-2-18(16,17)10-9(12)15(14-13-10)8-5-3-4-7(11)6-8/h3-6H,2,11-12H2,1H3. The van der Waals surface area contributed by atoms with E-state index in [1.54, 1.807) is 24.3 Å². The van der Waals surface area contributed by atoms with E-state index in [-0.39, 0.29) is 16.6 Å². The molecule has 0 bridgehead atoms. The summed E-state index contributed by atoms with van der Waals surface area (Å²) in [6.07, 6.45) is 0. The van der Waals surface area contributed by atoms with Crippen LogP contribution in [0, 0.1) is 0 Å². The van der Waals surface area contributed by atoms with Gasteiger partial charge in [0.25, 0.3) is 0 Å². The smallest absolute Gasteiger partial charge is 0.221 e. The molecule has 0 fully saturated rings. The summed E-state index contributed by atoms with van der Waals surface area (Å²) in [6.45, 7) is 1.52. The van der Waals surface area contributed by atoms with Crippen molar-refractivity contribution in [2.45, 2.75) is 11.9 Å². The van der Waals surface area contributed by atoms with Crippen molar-refractivity contribution in [3.05, 3.63) is 24.3 Å². The molecule has 0 saturated carbocycles. The second kappa shape index (κ2) is 4.30. The monoisotopic (exact) mass is 267 g/mol. The van der Waals surface area contributed by atoms with Crippen molar-refractivity contribution in [2.24, 2.45) is 0 Å². The third-order valence-corrected chi connectivity index (χ3v) is 4.10. The highest BCUT2D eigenvalue weighted by atomic mass is 32.2. The lowest BCUT2D eigenvalue weighted by Crippen LogP contribution is -2.09. The van der Waals surface area contributed by atoms with Crippen LogP contribution in [-0.4, -0.2) is 29.2 Å². The number of hydrogen-bond acceptors (Lipinski definition) is 6. The van der Waals surface area contributed by atoms with Gasteiger partial charge in [-0.3, -0.25) is 0 Å². The van der Waals surface area contributed by atoms with Crippen molar-refractivity contribution in [3.63, 3.8) is 0 Å². The molecule has 0 atom stereocenters. The van der Waals surface area contributed by atoms with Gasteiger partial charge in [0, 0.05) is 5.69 Å². The lowest BCUT2D eigenvalue weighted by Gasteiger charge is -2.04. The Bertz CT molecular complexity index is 677. The number of nitrogens with zero attached hydrogens (tertiary/aromatic N) is 3. The Morgan fingerprint density at radius 3 is 2.67 bits per heavy atom. The molecule has 8 heteroatoms. The molecule has 0 amide bonds. The first kappa shape index (κ1) is 12.4. The van der Waals surface area contributed by atoms with Gasteiger partial charge in [-0.1, -0.05) is 18.2 Å². The molecule has 96 valence electrons. The number of rotatable bonds is 3. The fourth-order valence-electron chi connectivity index (χ4n) is 1.48. The van der Waals surface area contributed by atoms with E-state index >= 15 is 0 Å². The van der Waals surface area contributed by atoms with E-state index in [1.807, 2.05) is 0 Å². The summed E-state index contributed by atoms with van der Waals surface area (Å²) in [5.41, 5.74) is 12.5. The second-order valence-electron chi connectivity index (χ2n) is 3.69. The number of anilines is 2. The van der Waals surface area contributed by atoms with Gasteiger partial charge < -0.3 is 11.5 Å². The van der Waals surface area contributed by atoms with Crippen molar-refractivity contribution in [1.82, 2.24) is 15.0 Å². The van der Waals surface area contributed by atoms with Gasteiger partial charge in [-0.15, -0.1) is 5.10 Å². The molecule has 7 nitrogen and oxygen atoms in total. The molecule has 0 unspecified atom stereocenters. The highest BCUT2D eigenvalue weighted by Gasteiger charge is 2.22. The highest BCUT2D eigenvalue weighted by Crippen LogP contribution is 2.20. The summed E-state index contributed by atoms with van der Waals surface area (Å²) < 4.78 is 24.7. The van der Waals surface area contributed by atoms with E-state index in [2.05, 4.69) is 10.3 Å². The van der Waals surface area contributed by atoms with Crippen molar-refractivity contribution < 1.29 is 8.42 Å². The van der Waals surface area contributed by atoms with Crippen LogP contribution in [0.3, 0.4) is 0 Å². The van der Waals surface area contributed by atoms with Gasteiger partial charge in [0.15, 0.2) is 5.82 Å². The highest BCUT2D eigenvalue weighted by molar-refractivity contribution is 7.91. The molecule has 0 saturated heterocycles. The summed E-state index contributed by atoms with van der Waals surface area (Å²) in [5, 5.41) is 7.17. The molecule has 18 heavy (non-hydrogen) atoms. The average Bonchev–Trinajstić information content (AvgIpc) is 2.72. The summed E-state index contributed by atoms with van der Waals surface area (Å²) in [6, 6.07) is 6.78. The maximum Gasteiger partial charge on any atom is 0.221 e. The normalized spacial score (nSPS) is 11.6. The molecule has 2 aromatic rings. The molecule has 0 aliphatic rings. The topological polar surface area (TPSA) is 117 Å². The first-order valence-corrected chi connectivity index (χ1v) is 6.91. The van der Waals surface area contributed by atoms with Gasteiger partial charge in [-0.2, -0.15) is 4.68 Å². The Morgan fingerprint density at radius 2 is 2.06 bits per heavy atom. The molecule has 1 aromatic carbocycles. The predicted molar refractivity (Wildman–Crippen MR) is 67.9 cm³/mol. The molecular formula is C10H13N5O2S. The largest absolute Gasteiger partial charge is 0.399 e. The third-order valence-electron chi connectivity index (χ3n) is 2.46. The predicted octanol–water partition coefficient (Wildman–Crippen LogP) is 0.225. The first-order chi connectivity index (χ1) is 8.45. The van der Waals surface area contributed by atoms with Crippen molar-refractivity contribution in [3.8, 4) is 5.69 Å². The number of aromatic nitrogens is 3. The van der Waals surface area contributed by atoms with E-state index in [0.717, 1.165) is 0 Å². The van der Waals surface area contributed by atoms with Crippen LogP contribution in [0.5, 0.6) is 0 Å². The zero-order valence-corrected chi connectivity index (χ0v) is 10.6. The van der Waals surface area contributed by atoms with Crippen molar-refractivity contribution in [1.29, 1.82) is 0 Å². The van der Waals surface area contributed by atoms with Gasteiger partial charge in [-0.05, 0) is 18.2 Å². The Balaban J connectivity index is 2.56. The van der Waals surface area contributed by atoms with Crippen LogP contribution >= 0.6 is 0 Å². The molecule has 1 aromatic heterocycles. The van der Waals surface area contributed by atoms with Crippen LogP contribution in [0.2, 0.25) is 0 Å². The molecule has 4 N–H and O–H groups in total. The molecule has 1 heterocycles. The lowest BCUT2D eigenvalue weighted by molar-refractivity contribution is 0.593. The van der Waals surface area contributed by atoms with Gasteiger partial charge in [0.05, 0.1) is 11.4 Å². The molecule has 0 radical (unpaired) electrons. The summed E-state index contributed by atoms with van der Waals surface area (Å²) in [4.78, 5) is 0. The van der Waals surface area contributed by atoms with Crippen LogP contribution in [0.4, 0.5) is 11.5 Å². The Labute approximate surface area is 104 Å². The minimum Gasteiger partial charge on any atom is -0.399 e. The minimum absolute atomic E-state index is 0.0116. The summed E-state index contributed by atoms with van der Waals surface area (Å²) in [5.74, 6) is -0.0882. The van der Waals surface area contributed by atoms with Crippen LogP contribution in [0.15, 0.2) is 29.3 Å². The summed E-state index contributed by atoms with van der Waals surface area (Å²) in [7, 11) is -3.48. The van der Waals surface area contributed by atoms with Crippen LogP contribution in [-0.2, 0) is 9.84 Å². The number of sulfone groups is 1. The van der Waals surface area contributed by atoms with Crippen LogP contribution < -0.4 is 11.5 Å². The SMILES string of the molecule is CCS(=O)(=O)c1nnn(-c2cccc(N)c2)c1N. The number of benzene rings is 1. The fourth-order valence-corrected chi connectivity index (χ4v) is 2.32. The van der Waals surface area contributed by atoms with E-state index in [1.165, 1.54) is 11.6 Å². The molecule has 2 rings (SSSR count). The maximum atomic E-state index is 11.7. The quantitative estimate of drug-likeness (QED) is 0.768. The zero-order chi connectivity index (χ0) is 13.3. The van der Waals surface area contributed by atoms with E-state index in [0.29, 0.717) is 11.4 Å². The van der Waals surface area contributed by atoms with Crippen LogP contribution in [0.25, 0.3) is 5.69 Å². The van der Waals surface area contributed by atoms with Gasteiger partial charge in [-0.25, -0.2) is 8.42 Å². The lowest BCUT2D eigenvalue weighted by atomic mass is 10.3.